The third-order valence-corrected chi connectivity index (χ3v) is 10.2. The molecule has 3 nitrogen and oxygen atoms in total. The van der Waals surface area contributed by atoms with Gasteiger partial charge in [0.05, 0.1) is 24.6 Å². The lowest BCUT2D eigenvalue weighted by Crippen LogP contribution is -2.68. The number of allylic oxidation sites excluding steroid dienone is 5. The molecule has 5 rings (SSSR count). The van der Waals surface area contributed by atoms with Gasteiger partial charge < -0.3 is 0 Å². The van der Waals surface area contributed by atoms with Crippen LogP contribution in [0.3, 0.4) is 0 Å². The van der Waals surface area contributed by atoms with Crippen LogP contribution in [0.4, 0.5) is 0 Å². The Kier molecular flexibility index (Phi) is 8.40. The molecule has 0 bridgehead atoms. The second-order valence-electron chi connectivity index (χ2n) is 13.7. The molecule has 0 spiro atoms. The van der Waals surface area contributed by atoms with Gasteiger partial charge in [-0.15, -0.1) is 0 Å². The van der Waals surface area contributed by atoms with Crippen LogP contribution in [0.2, 0.25) is 0 Å². The normalized spacial score (nSPS) is 22.3. The summed E-state index contributed by atoms with van der Waals surface area (Å²) in [7, 11) is 2.23. The first kappa shape index (κ1) is 30.7. The van der Waals surface area contributed by atoms with Crippen molar-refractivity contribution in [2.24, 2.45) is 17.9 Å². The topological polar surface area (TPSA) is 12.7 Å². The van der Waals surface area contributed by atoms with Crippen molar-refractivity contribution in [2.75, 3.05) is 0 Å². The highest BCUT2D eigenvalue weighted by atomic mass is 15.2. The SMILES string of the molecule is C=CC=C1C(=CC)c2cccc[n+]2C(C)(CC)C1(CC)CCc1ccccc1-c1n(CC(C)(C)C)c2ccccc2[n+]1C. The van der Waals surface area contributed by atoms with E-state index in [0.29, 0.717) is 0 Å². The number of hydrogen-bond donors (Lipinski definition) is 0. The van der Waals surface area contributed by atoms with E-state index in [1.807, 2.05) is 6.08 Å². The maximum absolute atomic E-state index is 4.18. The van der Waals surface area contributed by atoms with Crippen LogP contribution in [-0.4, -0.2) is 4.57 Å². The van der Waals surface area contributed by atoms with Crippen molar-refractivity contribution >= 4 is 16.6 Å². The van der Waals surface area contributed by atoms with E-state index in [9.17, 15) is 0 Å². The van der Waals surface area contributed by atoms with E-state index in [4.69, 9.17) is 0 Å². The average Bonchev–Trinajstić information content (AvgIpc) is 3.27. The number of nitrogens with zero attached hydrogens (tertiary/aromatic N) is 3. The van der Waals surface area contributed by atoms with E-state index in [0.717, 1.165) is 32.2 Å². The fraction of sp³-hybridized carbons (Fsp3) is 0.400. The standard InChI is InChI=1S/C40H51N3/c1-10-20-33-31(11-2)34-23-18-19-28-43(34)39(8,12-3)40(33,13-4)27-26-30-21-14-15-22-32(30)37-41(9)35-24-16-17-25-36(35)42(37)29-38(5,6)7/h10-11,14-25,28H,1,12-13,26-27,29H2,2-9H3/q+2. The molecule has 0 aliphatic carbocycles. The Balaban J connectivity index is 1.68. The van der Waals surface area contributed by atoms with Crippen LogP contribution in [0.25, 0.3) is 28.0 Å². The molecule has 0 fully saturated rings. The summed E-state index contributed by atoms with van der Waals surface area (Å²) in [6.45, 7) is 21.5. The zero-order chi connectivity index (χ0) is 31.0. The molecule has 2 aromatic carbocycles. The van der Waals surface area contributed by atoms with E-state index < -0.39 is 0 Å². The van der Waals surface area contributed by atoms with Crippen molar-refractivity contribution in [3.63, 3.8) is 0 Å². The molecule has 3 heteroatoms. The number of rotatable bonds is 8. The first-order chi connectivity index (χ1) is 20.6. The minimum absolute atomic E-state index is 0.0653. The fourth-order valence-corrected chi connectivity index (χ4v) is 7.99. The highest BCUT2D eigenvalue weighted by molar-refractivity contribution is 5.79. The zero-order valence-electron chi connectivity index (χ0n) is 27.7. The Morgan fingerprint density at radius 1 is 0.930 bits per heavy atom. The van der Waals surface area contributed by atoms with Crippen LogP contribution < -0.4 is 9.13 Å². The Hall–Kier alpha value is -3.72. The Morgan fingerprint density at radius 2 is 1.63 bits per heavy atom. The van der Waals surface area contributed by atoms with Gasteiger partial charge in [-0.25, -0.2) is 9.13 Å². The highest BCUT2D eigenvalue weighted by Crippen LogP contribution is 2.56. The Labute approximate surface area is 259 Å². The molecule has 1 aliphatic rings. The predicted octanol–water partition coefficient (Wildman–Crippen LogP) is 9.15. The van der Waals surface area contributed by atoms with Crippen LogP contribution in [0.1, 0.15) is 79.0 Å². The lowest BCUT2D eigenvalue weighted by atomic mass is 9.56. The van der Waals surface area contributed by atoms with Gasteiger partial charge in [0, 0.05) is 31.1 Å². The van der Waals surface area contributed by atoms with Gasteiger partial charge >= 0.3 is 0 Å². The second kappa shape index (κ2) is 11.8. The van der Waals surface area contributed by atoms with Gasteiger partial charge in [0.1, 0.15) is 0 Å². The maximum atomic E-state index is 4.18. The van der Waals surface area contributed by atoms with Crippen molar-refractivity contribution in [3.8, 4) is 11.4 Å². The van der Waals surface area contributed by atoms with Crippen molar-refractivity contribution in [1.29, 1.82) is 0 Å². The Bertz CT molecular complexity index is 1710. The number of pyridine rings is 1. The zero-order valence-corrected chi connectivity index (χ0v) is 27.7. The van der Waals surface area contributed by atoms with Crippen molar-refractivity contribution in [2.45, 2.75) is 86.2 Å². The molecule has 0 N–H and O–H groups in total. The van der Waals surface area contributed by atoms with Gasteiger partial charge in [-0.3, -0.25) is 0 Å². The van der Waals surface area contributed by atoms with Crippen molar-refractivity contribution < 1.29 is 9.13 Å². The van der Waals surface area contributed by atoms with Gasteiger partial charge in [-0.1, -0.05) is 89.8 Å². The molecular formula is C40H51N3+2. The summed E-state index contributed by atoms with van der Waals surface area (Å²) in [6, 6.07) is 24.6. The first-order valence-corrected chi connectivity index (χ1v) is 16.1. The molecule has 224 valence electrons. The summed E-state index contributed by atoms with van der Waals surface area (Å²) >= 11 is 0. The molecule has 43 heavy (non-hydrogen) atoms. The summed E-state index contributed by atoms with van der Waals surface area (Å²) < 4.78 is 7.52. The minimum atomic E-state index is -0.0829. The van der Waals surface area contributed by atoms with Crippen LogP contribution in [0, 0.1) is 10.8 Å². The van der Waals surface area contributed by atoms with Crippen LogP contribution in [0.15, 0.2) is 103 Å². The number of fused-ring (bicyclic) bond motifs is 2. The molecule has 2 atom stereocenters. The van der Waals surface area contributed by atoms with E-state index >= 15 is 0 Å². The van der Waals surface area contributed by atoms with Crippen molar-refractivity contribution in [3.05, 3.63) is 115 Å². The van der Waals surface area contributed by atoms with Gasteiger partial charge in [0.15, 0.2) is 22.8 Å². The third-order valence-electron chi connectivity index (χ3n) is 10.2. The van der Waals surface area contributed by atoms with Gasteiger partial charge in [-0.05, 0) is 67.0 Å². The molecule has 4 aromatic rings. The molecular weight excluding hydrogens is 522 g/mol. The number of hydrogen-bond acceptors (Lipinski definition) is 0. The number of benzene rings is 2. The van der Waals surface area contributed by atoms with Crippen molar-refractivity contribution in [1.82, 2.24) is 4.57 Å². The number of aromatic nitrogens is 3. The number of imidazole rings is 1. The summed E-state index contributed by atoms with van der Waals surface area (Å²) in [5.74, 6) is 1.29. The number of para-hydroxylation sites is 2. The van der Waals surface area contributed by atoms with Gasteiger partial charge in [0.2, 0.25) is 5.69 Å². The maximum Gasteiger partial charge on any atom is 0.289 e. The lowest BCUT2D eigenvalue weighted by Gasteiger charge is -2.50. The molecule has 2 unspecified atom stereocenters. The second-order valence-corrected chi connectivity index (χ2v) is 13.7. The molecule has 2 aromatic heterocycles. The van der Waals surface area contributed by atoms with Crippen LogP contribution >= 0.6 is 0 Å². The molecule has 3 heterocycles. The van der Waals surface area contributed by atoms with Gasteiger partial charge in [-0.2, -0.15) is 4.57 Å². The smallest absolute Gasteiger partial charge is 0.226 e. The van der Waals surface area contributed by atoms with E-state index in [2.05, 4.69) is 161 Å². The highest BCUT2D eigenvalue weighted by Gasteiger charge is 2.59. The minimum Gasteiger partial charge on any atom is -0.226 e. The van der Waals surface area contributed by atoms with E-state index in [1.54, 1.807) is 0 Å². The van der Waals surface area contributed by atoms with E-state index in [-0.39, 0.29) is 16.4 Å². The van der Waals surface area contributed by atoms with E-state index in [1.165, 1.54) is 44.8 Å². The summed E-state index contributed by atoms with van der Waals surface area (Å²) in [4.78, 5) is 0. The predicted molar refractivity (Wildman–Crippen MR) is 182 cm³/mol. The first-order valence-electron chi connectivity index (χ1n) is 16.1. The third kappa shape index (κ3) is 5.01. The fourth-order valence-electron chi connectivity index (χ4n) is 7.99. The van der Waals surface area contributed by atoms with Crippen LogP contribution in [0.5, 0.6) is 0 Å². The lowest BCUT2D eigenvalue weighted by molar-refractivity contribution is -0.781. The Morgan fingerprint density at radius 3 is 2.30 bits per heavy atom. The molecule has 0 amide bonds. The van der Waals surface area contributed by atoms with Crippen LogP contribution in [-0.2, 0) is 25.6 Å². The summed E-state index contributed by atoms with van der Waals surface area (Å²) in [5, 5.41) is 0. The summed E-state index contributed by atoms with van der Waals surface area (Å²) in [5.41, 5.74) is 9.36. The largest absolute Gasteiger partial charge is 0.289 e. The quantitative estimate of drug-likeness (QED) is 0.186. The molecule has 0 saturated carbocycles. The monoisotopic (exact) mass is 573 g/mol. The number of aryl methyl sites for hydroxylation is 2. The van der Waals surface area contributed by atoms with Gasteiger partial charge in [0.25, 0.3) is 5.82 Å². The molecule has 0 radical (unpaired) electrons. The molecule has 1 aliphatic heterocycles. The summed E-state index contributed by atoms with van der Waals surface area (Å²) in [6.07, 6.45) is 13.0. The average molecular weight is 574 g/mol. The molecule has 0 saturated heterocycles.